The molecule has 0 spiro atoms. The first-order chi connectivity index (χ1) is 13.1. The number of esters is 1. The molecule has 0 aliphatic carbocycles. The Hall–Kier alpha value is -2.67. The van der Waals surface area contributed by atoms with E-state index in [4.69, 9.17) is 4.74 Å². The van der Waals surface area contributed by atoms with Gasteiger partial charge in [0, 0.05) is 13.0 Å². The van der Waals surface area contributed by atoms with Gasteiger partial charge in [-0.2, -0.15) is 0 Å². The van der Waals surface area contributed by atoms with E-state index in [0.717, 1.165) is 12.0 Å². The van der Waals surface area contributed by atoms with Gasteiger partial charge in [0.2, 0.25) is 5.91 Å². The van der Waals surface area contributed by atoms with Crippen molar-refractivity contribution in [2.24, 2.45) is 0 Å². The summed E-state index contributed by atoms with van der Waals surface area (Å²) in [5.74, 6) is -0.953. The molecule has 27 heavy (non-hydrogen) atoms. The first-order valence-electron chi connectivity index (χ1n) is 8.86. The predicted octanol–water partition coefficient (Wildman–Crippen LogP) is 2.25. The number of ether oxygens (including phenoxy) is 1. The van der Waals surface area contributed by atoms with Gasteiger partial charge < -0.3 is 15.0 Å². The fraction of sp³-hybridized carbons (Fsp3) is 0.350. The van der Waals surface area contributed by atoms with Gasteiger partial charge >= 0.3 is 5.97 Å². The Morgan fingerprint density at radius 2 is 2.00 bits per heavy atom. The number of nitrogens with one attached hydrogen (secondary N) is 1. The summed E-state index contributed by atoms with van der Waals surface area (Å²) in [7, 11) is 1.30. The molecule has 0 bridgehead atoms. The van der Waals surface area contributed by atoms with Crippen LogP contribution in [0.4, 0.5) is 0 Å². The molecule has 6 nitrogen and oxygen atoms in total. The van der Waals surface area contributed by atoms with Crippen LogP contribution in [-0.2, 0) is 20.7 Å². The van der Waals surface area contributed by atoms with E-state index in [0.29, 0.717) is 24.3 Å². The Labute approximate surface area is 162 Å². The van der Waals surface area contributed by atoms with Crippen LogP contribution in [0.2, 0.25) is 0 Å². The third-order valence-corrected chi connectivity index (χ3v) is 5.49. The van der Waals surface area contributed by atoms with Crippen LogP contribution in [0.3, 0.4) is 0 Å². The average molecular weight is 386 g/mol. The van der Waals surface area contributed by atoms with Gasteiger partial charge in [0.05, 0.1) is 12.0 Å². The largest absolute Gasteiger partial charge is 0.467 e. The number of carbonyl (C=O) groups excluding carboxylic acids is 3. The van der Waals surface area contributed by atoms with Crippen molar-refractivity contribution in [2.45, 2.75) is 31.3 Å². The van der Waals surface area contributed by atoms with Crippen LogP contribution >= 0.6 is 11.3 Å². The minimum Gasteiger partial charge on any atom is -0.467 e. The first-order valence-corrected chi connectivity index (χ1v) is 9.74. The van der Waals surface area contributed by atoms with E-state index in [-0.39, 0.29) is 11.8 Å². The molecule has 3 rings (SSSR count). The molecular formula is C20H22N2O4S. The highest BCUT2D eigenvalue weighted by Gasteiger charge is 2.36. The highest BCUT2D eigenvalue weighted by molar-refractivity contribution is 7.12. The van der Waals surface area contributed by atoms with Gasteiger partial charge in [-0.3, -0.25) is 9.59 Å². The van der Waals surface area contributed by atoms with E-state index in [9.17, 15) is 14.4 Å². The Morgan fingerprint density at radius 1 is 1.22 bits per heavy atom. The number of amides is 2. The van der Waals surface area contributed by atoms with Crippen LogP contribution in [0.5, 0.6) is 0 Å². The van der Waals surface area contributed by atoms with Crippen LogP contribution < -0.4 is 5.32 Å². The number of likely N-dealkylation sites (tertiary alicyclic amines) is 1. The number of rotatable bonds is 6. The average Bonchev–Trinajstić information content (AvgIpc) is 3.39. The van der Waals surface area contributed by atoms with Crippen LogP contribution in [0, 0.1) is 0 Å². The van der Waals surface area contributed by atoms with Gasteiger partial charge in [-0.15, -0.1) is 11.3 Å². The maximum Gasteiger partial charge on any atom is 0.328 e. The molecule has 1 aliphatic rings. The molecular weight excluding hydrogens is 364 g/mol. The Bertz CT molecular complexity index is 792. The molecule has 2 aromatic rings. The van der Waals surface area contributed by atoms with Crippen molar-refractivity contribution in [2.75, 3.05) is 13.7 Å². The van der Waals surface area contributed by atoms with Crippen LogP contribution in [-0.4, -0.2) is 48.4 Å². The van der Waals surface area contributed by atoms with Crippen molar-refractivity contribution in [3.63, 3.8) is 0 Å². The summed E-state index contributed by atoms with van der Waals surface area (Å²) < 4.78 is 4.85. The molecule has 1 aliphatic heterocycles. The molecule has 0 saturated carbocycles. The standard InChI is InChI=1S/C20H22N2O4S/c1-26-20(25)15(13-14-7-3-2-4-8-14)21-18(23)16-9-5-11-22(16)19(24)17-10-6-12-27-17/h2-4,6-8,10,12,15-16H,5,9,11,13H2,1H3,(H,21,23)/t15-,16+/m0/s1. The molecule has 1 aromatic carbocycles. The molecule has 2 amide bonds. The third kappa shape index (κ3) is 4.54. The van der Waals surface area contributed by atoms with Crippen molar-refractivity contribution >= 4 is 29.1 Å². The van der Waals surface area contributed by atoms with Crippen LogP contribution in [0.15, 0.2) is 47.8 Å². The maximum absolute atomic E-state index is 12.8. The van der Waals surface area contributed by atoms with E-state index >= 15 is 0 Å². The lowest BCUT2D eigenvalue weighted by atomic mass is 10.1. The molecule has 7 heteroatoms. The van der Waals surface area contributed by atoms with Crippen molar-refractivity contribution in [3.05, 3.63) is 58.3 Å². The van der Waals surface area contributed by atoms with Gasteiger partial charge in [-0.1, -0.05) is 36.4 Å². The molecule has 2 heterocycles. The van der Waals surface area contributed by atoms with Crippen LogP contribution in [0.25, 0.3) is 0 Å². The summed E-state index contributed by atoms with van der Waals surface area (Å²) >= 11 is 1.36. The normalized spacial score (nSPS) is 17.4. The summed E-state index contributed by atoms with van der Waals surface area (Å²) in [5, 5.41) is 4.62. The number of hydrogen-bond donors (Lipinski definition) is 1. The SMILES string of the molecule is COC(=O)[C@H](Cc1ccccc1)NC(=O)[C@H]1CCCN1C(=O)c1cccs1. The molecule has 1 fully saturated rings. The summed E-state index contributed by atoms with van der Waals surface area (Å²) in [6.45, 7) is 0.538. The Balaban J connectivity index is 1.70. The lowest BCUT2D eigenvalue weighted by Crippen LogP contribution is -2.51. The Morgan fingerprint density at radius 3 is 2.67 bits per heavy atom. The van der Waals surface area contributed by atoms with E-state index in [1.165, 1.54) is 18.4 Å². The second-order valence-electron chi connectivity index (χ2n) is 6.41. The van der Waals surface area contributed by atoms with Crippen LogP contribution in [0.1, 0.15) is 28.1 Å². The van der Waals surface area contributed by atoms with E-state index < -0.39 is 18.1 Å². The second kappa shape index (κ2) is 8.81. The first kappa shape index (κ1) is 19.1. The van der Waals surface area contributed by atoms with Gasteiger partial charge in [0.1, 0.15) is 12.1 Å². The van der Waals surface area contributed by atoms with Crippen molar-refractivity contribution in [3.8, 4) is 0 Å². The zero-order valence-corrected chi connectivity index (χ0v) is 15.9. The Kier molecular flexibility index (Phi) is 6.24. The molecule has 0 radical (unpaired) electrons. The zero-order valence-electron chi connectivity index (χ0n) is 15.1. The summed E-state index contributed by atoms with van der Waals surface area (Å²) in [6, 6.07) is 11.7. The molecule has 1 saturated heterocycles. The van der Waals surface area contributed by atoms with E-state index in [2.05, 4.69) is 5.32 Å². The number of nitrogens with zero attached hydrogens (tertiary/aromatic N) is 1. The van der Waals surface area contributed by atoms with Gasteiger partial charge in [0.15, 0.2) is 0 Å². The molecule has 1 N–H and O–H groups in total. The predicted molar refractivity (Wildman–Crippen MR) is 102 cm³/mol. The van der Waals surface area contributed by atoms with Crippen molar-refractivity contribution in [1.29, 1.82) is 0 Å². The monoisotopic (exact) mass is 386 g/mol. The zero-order chi connectivity index (χ0) is 19.2. The highest BCUT2D eigenvalue weighted by Crippen LogP contribution is 2.22. The number of thiophene rings is 1. The number of benzene rings is 1. The van der Waals surface area contributed by atoms with Gasteiger partial charge in [-0.05, 0) is 29.9 Å². The minimum atomic E-state index is -0.788. The van der Waals surface area contributed by atoms with E-state index in [1.54, 1.807) is 11.0 Å². The van der Waals surface area contributed by atoms with E-state index in [1.807, 2.05) is 41.8 Å². The lowest BCUT2D eigenvalue weighted by molar-refractivity contribution is -0.145. The summed E-state index contributed by atoms with van der Waals surface area (Å²) in [4.78, 5) is 39.9. The lowest BCUT2D eigenvalue weighted by Gasteiger charge is -2.25. The quantitative estimate of drug-likeness (QED) is 0.773. The van der Waals surface area contributed by atoms with Crippen molar-refractivity contribution in [1.82, 2.24) is 10.2 Å². The molecule has 1 aromatic heterocycles. The van der Waals surface area contributed by atoms with Gasteiger partial charge in [-0.25, -0.2) is 4.79 Å². The number of hydrogen-bond acceptors (Lipinski definition) is 5. The fourth-order valence-corrected chi connectivity index (χ4v) is 3.96. The van der Waals surface area contributed by atoms with Crippen molar-refractivity contribution < 1.29 is 19.1 Å². The molecule has 2 atom stereocenters. The summed E-state index contributed by atoms with van der Waals surface area (Å²) in [5.41, 5.74) is 0.922. The third-order valence-electron chi connectivity index (χ3n) is 4.63. The second-order valence-corrected chi connectivity index (χ2v) is 7.36. The minimum absolute atomic E-state index is 0.139. The number of carbonyl (C=O) groups is 3. The highest BCUT2D eigenvalue weighted by atomic mass is 32.1. The smallest absolute Gasteiger partial charge is 0.328 e. The fourth-order valence-electron chi connectivity index (χ4n) is 3.28. The number of methoxy groups -OCH3 is 1. The topological polar surface area (TPSA) is 75.7 Å². The molecule has 0 unspecified atom stereocenters. The maximum atomic E-state index is 12.8. The molecule has 142 valence electrons. The van der Waals surface area contributed by atoms with Gasteiger partial charge in [0.25, 0.3) is 5.91 Å². The summed E-state index contributed by atoms with van der Waals surface area (Å²) in [6.07, 6.45) is 1.68.